The molecule has 0 aromatic heterocycles. The third-order valence-electron chi connectivity index (χ3n) is 3.29. The number of rotatable bonds is 0. The quantitative estimate of drug-likeness (QED) is 0.439. The normalized spacial score (nSPS) is 46.5. The van der Waals surface area contributed by atoms with Crippen molar-refractivity contribution in [2.75, 3.05) is 33.7 Å². The van der Waals surface area contributed by atoms with Crippen molar-refractivity contribution < 1.29 is 0 Å². The minimum absolute atomic E-state index is 0.00521. The van der Waals surface area contributed by atoms with E-state index in [-0.39, 0.29) is 5.44 Å². The number of nitrogens with zero attached hydrogens (tertiary/aromatic N) is 2. The maximum absolute atomic E-state index is 6.28. The van der Waals surface area contributed by atoms with Crippen molar-refractivity contribution in [2.45, 2.75) is 11.9 Å². The van der Waals surface area contributed by atoms with E-state index in [0.29, 0.717) is 5.92 Å². The smallest absolute Gasteiger partial charge is 0.0979 e. The zero-order valence-electron chi connectivity index (χ0n) is 7.38. The summed E-state index contributed by atoms with van der Waals surface area (Å²) >= 11 is 0. The topological polar surface area (TPSA) is 6.48 Å². The Morgan fingerprint density at radius 1 is 1.45 bits per heavy atom. The molecule has 0 N–H and O–H groups in total. The van der Waals surface area contributed by atoms with Crippen LogP contribution in [0.4, 0.5) is 0 Å². The molecule has 60 valence electrons. The van der Waals surface area contributed by atoms with Crippen LogP contribution in [0.25, 0.3) is 0 Å². The van der Waals surface area contributed by atoms with Gasteiger partial charge in [0.25, 0.3) is 0 Å². The van der Waals surface area contributed by atoms with Gasteiger partial charge in [-0.2, -0.15) is 0 Å². The average Bonchev–Trinajstić information content (AvgIpc) is 2.32. The van der Waals surface area contributed by atoms with Crippen molar-refractivity contribution in [3.63, 3.8) is 0 Å². The highest BCUT2D eigenvalue weighted by molar-refractivity contribution is 6.16. The Bertz CT molecular complexity index is 173. The zero-order valence-corrected chi connectivity index (χ0v) is 7.38. The van der Waals surface area contributed by atoms with E-state index in [2.05, 4.69) is 23.9 Å². The van der Waals surface area contributed by atoms with Crippen molar-refractivity contribution in [1.29, 1.82) is 0 Å². The predicted octanol–water partition coefficient (Wildman–Crippen LogP) is -0.252. The molecule has 2 heterocycles. The maximum Gasteiger partial charge on any atom is 0.0979 e. The minimum atomic E-state index is -0.00521. The fourth-order valence-corrected chi connectivity index (χ4v) is 2.49. The van der Waals surface area contributed by atoms with Crippen molar-refractivity contribution in [3.8, 4) is 0 Å². The molecule has 2 atom stereocenters. The van der Waals surface area contributed by atoms with Gasteiger partial charge in [-0.05, 0) is 38.4 Å². The molecule has 2 nitrogen and oxygen atoms in total. The number of fused-ring (bicyclic) bond motifs is 1. The fraction of sp³-hybridized carbons (Fsp3) is 1.00. The molecule has 0 aliphatic carbocycles. The summed E-state index contributed by atoms with van der Waals surface area (Å²) in [6, 6.07) is 0. The van der Waals surface area contributed by atoms with E-state index >= 15 is 0 Å². The van der Waals surface area contributed by atoms with Crippen LogP contribution >= 0.6 is 0 Å². The maximum atomic E-state index is 6.28. The predicted molar refractivity (Wildman–Crippen MR) is 46.7 cm³/mol. The second kappa shape index (κ2) is 2.24. The monoisotopic (exact) mass is 150 g/mol. The highest BCUT2D eigenvalue weighted by Crippen LogP contribution is 2.36. The lowest BCUT2D eigenvalue weighted by atomic mass is 9.71. The number of likely N-dealkylation sites (tertiary alicyclic amines) is 2. The third-order valence-corrected chi connectivity index (χ3v) is 3.29. The Morgan fingerprint density at radius 3 is 2.82 bits per heavy atom. The molecular formula is C8H15BN2. The number of likely N-dealkylation sites (N-methyl/N-ethyl adjacent to an activating group) is 2. The molecule has 0 saturated carbocycles. The highest BCUT2D eigenvalue weighted by Gasteiger charge is 2.47. The second-order valence-electron chi connectivity index (χ2n) is 4.10. The second-order valence-corrected chi connectivity index (χ2v) is 4.10. The number of hydrogen-bond donors (Lipinski definition) is 0. The van der Waals surface area contributed by atoms with Crippen molar-refractivity contribution >= 4 is 7.85 Å². The highest BCUT2D eigenvalue weighted by atomic mass is 15.3. The van der Waals surface area contributed by atoms with Gasteiger partial charge >= 0.3 is 0 Å². The molecule has 0 amide bonds. The van der Waals surface area contributed by atoms with Crippen LogP contribution in [-0.4, -0.2) is 56.8 Å². The van der Waals surface area contributed by atoms with Crippen LogP contribution in [0.3, 0.4) is 0 Å². The van der Waals surface area contributed by atoms with Crippen molar-refractivity contribution in [3.05, 3.63) is 0 Å². The van der Waals surface area contributed by atoms with Crippen LogP contribution in [0.5, 0.6) is 0 Å². The van der Waals surface area contributed by atoms with Gasteiger partial charge in [-0.3, -0.25) is 0 Å². The summed E-state index contributed by atoms with van der Waals surface area (Å²) in [7, 11) is 10.6. The zero-order chi connectivity index (χ0) is 8.06. The van der Waals surface area contributed by atoms with Crippen LogP contribution in [0, 0.1) is 5.92 Å². The molecule has 2 aliphatic rings. The number of hydrogen-bond acceptors (Lipinski definition) is 2. The molecule has 2 radical (unpaired) electrons. The van der Waals surface area contributed by atoms with Gasteiger partial charge in [-0.15, -0.1) is 0 Å². The lowest BCUT2D eigenvalue weighted by Gasteiger charge is -2.32. The average molecular weight is 150 g/mol. The van der Waals surface area contributed by atoms with Gasteiger partial charge in [-0.25, -0.2) is 0 Å². The summed E-state index contributed by atoms with van der Waals surface area (Å²) in [5, 5.41) is 0. The molecule has 3 heteroatoms. The molecule has 1 unspecified atom stereocenters. The van der Waals surface area contributed by atoms with Crippen LogP contribution < -0.4 is 0 Å². The lowest BCUT2D eigenvalue weighted by molar-refractivity contribution is 0.243. The van der Waals surface area contributed by atoms with E-state index < -0.39 is 0 Å². The Hall–Kier alpha value is -0.0151. The van der Waals surface area contributed by atoms with Crippen molar-refractivity contribution in [1.82, 2.24) is 9.80 Å². The van der Waals surface area contributed by atoms with E-state index in [4.69, 9.17) is 7.85 Å². The summed E-state index contributed by atoms with van der Waals surface area (Å²) in [6.07, 6.45) is 1.28. The van der Waals surface area contributed by atoms with Crippen LogP contribution in [0.2, 0.25) is 0 Å². The largest absolute Gasteiger partial charge is 0.308 e. The van der Waals surface area contributed by atoms with E-state index in [1.807, 2.05) is 0 Å². The first-order chi connectivity index (χ1) is 5.13. The fourth-order valence-electron chi connectivity index (χ4n) is 2.49. The van der Waals surface area contributed by atoms with Crippen LogP contribution in [-0.2, 0) is 0 Å². The standard InChI is InChI=1S/C8H15BN2/c1-10-5-7-3-4-11(2)8(7,9)6-10/h7H,3-6H2,1-2H3/t7?,8-/m1/s1. The van der Waals surface area contributed by atoms with E-state index in [0.717, 1.165) is 6.54 Å². The summed E-state index contributed by atoms with van der Waals surface area (Å²) < 4.78 is 0. The molecule has 2 rings (SSSR count). The third kappa shape index (κ3) is 0.943. The molecule has 2 fully saturated rings. The molecule has 0 aromatic carbocycles. The minimum Gasteiger partial charge on any atom is -0.308 e. The molecule has 0 aromatic rings. The van der Waals surface area contributed by atoms with Crippen molar-refractivity contribution in [2.24, 2.45) is 5.92 Å². The van der Waals surface area contributed by atoms with E-state index in [9.17, 15) is 0 Å². The first-order valence-corrected chi connectivity index (χ1v) is 4.31. The Morgan fingerprint density at radius 2 is 2.18 bits per heavy atom. The van der Waals surface area contributed by atoms with Gasteiger partial charge in [-0.1, -0.05) is 0 Å². The van der Waals surface area contributed by atoms with Gasteiger partial charge in [0.2, 0.25) is 0 Å². The first-order valence-electron chi connectivity index (χ1n) is 4.31. The molecule has 0 bridgehead atoms. The first kappa shape index (κ1) is 7.62. The van der Waals surface area contributed by atoms with E-state index in [1.165, 1.54) is 19.5 Å². The molecular weight excluding hydrogens is 135 g/mol. The molecule has 2 saturated heterocycles. The van der Waals surface area contributed by atoms with Crippen LogP contribution in [0.15, 0.2) is 0 Å². The Labute approximate surface area is 70.0 Å². The lowest BCUT2D eigenvalue weighted by Crippen LogP contribution is -2.47. The Balaban J connectivity index is 2.20. The summed E-state index contributed by atoms with van der Waals surface area (Å²) in [5.41, 5.74) is -0.00521. The van der Waals surface area contributed by atoms with Gasteiger partial charge in [0.15, 0.2) is 0 Å². The van der Waals surface area contributed by atoms with Gasteiger partial charge in [0.1, 0.15) is 0 Å². The van der Waals surface area contributed by atoms with Crippen LogP contribution in [0.1, 0.15) is 6.42 Å². The molecule has 11 heavy (non-hydrogen) atoms. The Kier molecular flexibility index (Phi) is 1.55. The molecule has 0 spiro atoms. The van der Waals surface area contributed by atoms with Gasteiger partial charge in [0, 0.05) is 13.1 Å². The molecule has 2 aliphatic heterocycles. The summed E-state index contributed by atoms with van der Waals surface area (Å²) in [5.74, 6) is 0.706. The SMILES string of the molecule is [B][C@@]12CN(C)CC1CCN2C. The van der Waals surface area contributed by atoms with Gasteiger partial charge in [0.05, 0.1) is 7.85 Å². The van der Waals surface area contributed by atoms with Gasteiger partial charge < -0.3 is 9.80 Å². The summed E-state index contributed by atoms with van der Waals surface area (Å²) in [6.45, 7) is 3.39. The van der Waals surface area contributed by atoms with E-state index in [1.54, 1.807) is 0 Å². The summed E-state index contributed by atoms with van der Waals surface area (Å²) in [4.78, 5) is 4.64.